The van der Waals surface area contributed by atoms with Crippen LogP contribution in [0.15, 0.2) is 79.0 Å². The number of hydrogen-bond acceptors (Lipinski definition) is 5. The van der Waals surface area contributed by atoms with E-state index in [1.165, 1.54) is 10.9 Å². The lowest BCUT2D eigenvalue weighted by molar-refractivity contribution is -0.126. The number of hydrogen-bond donors (Lipinski definition) is 3. The molecule has 8 heteroatoms. The summed E-state index contributed by atoms with van der Waals surface area (Å²) in [7, 11) is 1.67. The van der Waals surface area contributed by atoms with Crippen molar-refractivity contribution in [1.82, 2.24) is 25.1 Å². The Morgan fingerprint density at radius 1 is 1.12 bits per heavy atom. The predicted octanol–water partition coefficient (Wildman–Crippen LogP) is 4.60. The van der Waals surface area contributed by atoms with Crippen molar-refractivity contribution in [2.45, 2.75) is 63.6 Å². The van der Waals surface area contributed by atoms with Gasteiger partial charge in [0.1, 0.15) is 17.4 Å². The van der Waals surface area contributed by atoms with Gasteiger partial charge in [-0.25, -0.2) is 0 Å². The number of aryl methyl sites for hydroxylation is 2. The monoisotopic (exact) mass is 538 g/mol. The Bertz CT molecular complexity index is 1540. The van der Waals surface area contributed by atoms with Gasteiger partial charge in [0.25, 0.3) is 0 Å². The molecule has 0 saturated carbocycles. The summed E-state index contributed by atoms with van der Waals surface area (Å²) in [6.45, 7) is 6.15. The van der Waals surface area contributed by atoms with E-state index in [0.29, 0.717) is 13.0 Å². The number of nitrogens with one attached hydrogen (secondary N) is 2. The number of amides is 1. The van der Waals surface area contributed by atoms with Crippen molar-refractivity contribution in [3.05, 3.63) is 102 Å². The van der Waals surface area contributed by atoms with Crippen LogP contribution < -0.4 is 15.8 Å². The summed E-state index contributed by atoms with van der Waals surface area (Å²) in [5.74, 6) is 2.32. The first-order chi connectivity index (χ1) is 19.2. The van der Waals surface area contributed by atoms with Gasteiger partial charge in [-0.05, 0) is 56.0 Å². The fourth-order valence-electron chi connectivity index (χ4n) is 5.42. The van der Waals surface area contributed by atoms with Crippen molar-refractivity contribution in [3.8, 4) is 5.75 Å². The molecular formula is C32H38N6O2. The molecule has 5 rings (SSSR count). The maximum atomic E-state index is 13.0. The van der Waals surface area contributed by atoms with Crippen LogP contribution in [0.3, 0.4) is 0 Å². The van der Waals surface area contributed by atoms with E-state index in [-0.39, 0.29) is 11.9 Å². The Balaban J connectivity index is 1.54. The lowest BCUT2D eigenvalue weighted by atomic mass is 9.74. The number of nitrogens with two attached hydrogens (primary N) is 1. The first kappa shape index (κ1) is 27.4. The summed E-state index contributed by atoms with van der Waals surface area (Å²) >= 11 is 0. The molecule has 4 N–H and O–H groups in total. The maximum absolute atomic E-state index is 13.0. The minimum Gasteiger partial charge on any atom is -0.497 e. The highest BCUT2D eigenvalue weighted by Crippen LogP contribution is 2.36. The molecule has 2 aromatic carbocycles. The van der Waals surface area contributed by atoms with Crippen LogP contribution in [0.25, 0.3) is 10.9 Å². The topological polar surface area (TPSA) is 111 Å². The largest absolute Gasteiger partial charge is 0.497 e. The molecule has 40 heavy (non-hydrogen) atoms. The number of para-hydroxylation sites is 1. The van der Waals surface area contributed by atoms with E-state index in [1.807, 2.05) is 36.4 Å². The number of aromatic nitrogens is 4. The lowest BCUT2D eigenvalue weighted by Gasteiger charge is -2.38. The fraction of sp³-hybridized carbons (Fsp3) is 0.344. The molecule has 0 radical (unpaired) electrons. The molecule has 0 bridgehead atoms. The molecule has 8 nitrogen and oxygen atoms in total. The zero-order chi connectivity index (χ0) is 28.3. The highest BCUT2D eigenvalue weighted by molar-refractivity contribution is 5.86. The standard InChI is InChI=1S/C32H38N6O2/c1-5-32(19-9-8-12-27(32)35-30(39)31(2,3)33)29-37-36-28(38(29)21-22-13-16-24(40-4)17-14-22)18-15-23-20-34-26-11-7-6-10-25(23)26/h6-14,16-17,19-20,27,34H,5,15,18,21,33H2,1-4H3,(H,35,39)/t27?,32-/m1/s1. The molecule has 0 fully saturated rings. The van der Waals surface area contributed by atoms with Crippen LogP contribution in [-0.2, 0) is 29.6 Å². The summed E-state index contributed by atoms with van der Waals surface area (Å²) in [5, 5.41) is 14.0. The van der Waals surface area contributed by atoms with E-state index in [1.54, 1.807) is 21.0 Å². The second-order valence-corrected chi connectivity index (χ2v) is 11.0. The zero-order valence-electron chi connectivity index (χ0n) is 23.6. The molecule has 2 heterocycles. The van der Waals surface area contributed by atoms with Gasteiger partial charge in [0, 0.05) is 23.5 Å². The molecule has 0 spiro atoms. The number of carbonyl (C=O) groups is 1. The SMILES string of the molecule is CC[C@@]1(c2nnc(CCc3c[nH]c4ccccc34)n2Cc2ccc(OC)cc2)C=CC=CC1NC(=O)C(C)(C)N. The Kier molecular flexibility index (Phi) is 7.63. The first-order valence-corrected chi connectivity index (χ1v) is 13.8. The van der Waals surface area contributed by atoms with Gasteiger partial charge in [0.15, 0.2) is 0 Å². The molecule has 1 unspecified atom stereocenters. The van der Waals surface area contributed by atoms with Crippen LogP contribution in [-0.4, -0.2) is 44.3 Å². The Hall–Kier alpha value is -4.17. The highest BCUT2D eigenvalue weighted by atomic mass is 16.5. The van der Waals surface area contributed by atoms with Crippen molar-refractivity contribution in [1.29, 1.82) is 0 Å². The van der Waals surface area contributed by atoms with E-state index in [0.717, 1.165) is 41.3 Å². The minimum atomic E-state index is -1.00. The summed E-state index contributed by atoms with van der Waals surface area (Å²) in [6.07, 6.45) is 12.5. The fourth-order valence-corrected chi connectivity index (χ4v) is 5.42. The Morgan fingerprint density at radius 3 is 2.62 bits per heavy atom. The molecular weight excluding hydrogens is 500 g/mol. The van der Waals surface area contributed by atoms with Crippen LogP contribution in [0.5, 0.6) is 5.75 Å². The quantitative estimate of drug-likeness (QED) is 0.273. The third-order valence-corrected chi connectivity index (χ3v) is 7.86. The third-order valence-electron chi connectivity index (χ3n) is 7.86. The van der Waals surface area contributed by atoms with E-state index in [4.69, 9.17) is 20.7 Å². The number of fused-ring (bicyclic) bond motifs is 1. The van der Waals surface area contributed by atoms with Crippen LogP contribution >= 0.6 is 0 Å². The highest BCUT2D eigenvalue weighted by Gasteiger charge is 2.43. The molecule has 1 amide bonds. The van der Waals surface area contributed by atoms with E-state index < -0.39 is 11.0 Å². The van der Waals surface area contributed by atoms with E-state index in [9.17, 15) is 4.79 Å². The molecule has 2 aromatic heterocycles. The van der Waals surface area contributed by atoms with Crippen molar-refractivity contribution in [3.63, 3.8) is 0 Å². The van der Waals surface area contributed by atoms with Gasteiger partial charge < -0.3 is 25.3 Å². The van der Waals surface area contributed by atoms with Crippen LogP contribution in [0, 0.1) is 0 Å². The number of benzene rings is 2. The minimum absolute atomic E-state index is 0.212. The van der Waals surface area contributed by atoms with Crippen molar-refractivity contribution in [2.24, 2.45) is 5.73 Å². The number of methoxy groups -OCH3 is 1. The van der Waals surface area contributed by atoms with Gasteiger partial charge in [-0.1, -0.05) is 61.6 Å². The van der Waals surface area contributed by atoms with Crippen molar-refractivity contribution >= 4 is 16.8 Å². The number of ether oxygens (including phenoxy) is 1. The second kappa shape index (κ2) is 11.1. The van der Waals surface area contributed by atoms with Gasteiger partial charge in [0.05, 0.1) is 30.7 Å². The molecule has 1 aliphatic carbocycles. The number of carbonyl (C=O) groups excluding carboxylic acids is 1. The lowest BCUT2D eigenvalue weighted by Crippen LogP contribution is -2.57. The molecule has 0 aliphatic heterocycles. The smallest absolute Gasteiger partial charge is 0.240 e. The van der Waals surface area contributed by atoms with Crippen LogP contribution in [0.1, 0.15) is 50.0 Å². The van der Waals surface area contributed by atoms with Crippen molar-refractivity contribution < 1.29 is 9.53 Å². The first-order valence-electron chi connectivity index (χ1n) is 13.8. The van der Waals surface area contributed by atoms with Gasteiger partial charge in [-0.15, -0.1) is 10.2 Å². The van der Waals surface area contributed by atoms with E-state index in [2.05, 4.69) is 64.4 Å². The summed E-state index contributed by atoms with van der Waals surface area (Å²) < 4.78 is 7.59. The van der Waals surface area contributed by atoms with Gasteiger partial charge in [-0.2, -0.15) is 0 Å². The second-order valence-electron chi connectivity index (χ2n) is 11.0. The molecule has 208 valence electrons. The average Bonchev–Trinajstić information content (AvgIpc) is 3.56. The van der Waals surface area contributed by atoms with E-state index >= 15 is 0 Å². The Morgan fingerprint density at radius 2 is 1.90 bits per heavy atom. The normalized spacial score (nSPS) is 18.8. The maximum Gasteiger partial charge on any atom is 0.240 e. The van der Waals surface area contributed by atoms with Gasteiger partial charge >= 0.3 is 0 Å². The third kappa shape index (κ3) is 5.31. The summed E-state index contributed by atoms with van der Waals surface area (Å²) in [4.78, 5) is 16.4. The summed E-state index contributed by atoms with van der Waals surface area (Å²) in [5.41, 5.74) is 8.04. The Labute approximate surface area is 235 Å². The van der Waals surface area contributed by atoms with Gasteiger partial charge in [-0.3, -0.25) is 4.79 Å². The number of H-pyrrole nitrogens is 1. The summed E-state index contributed by atoms with van der Waals surface area (Å²) in [6, 6.07) is 16.1. The van der Waals surface area contributed by atoms with Crippen LogP contribution in [0.4, 0.5) is 0 Å². The number of rotatable bonds is 10. The molecule has 4 aromatic rings. The van der Waals surface area contributed by atoms with Gasteiger partial charge in [0.2, 0.25) is 5.91 Å². The number of nitrogens with zero attached hydrogens (tertiary/aromatic N) is 3. The molecule has 0 saturated heterocycles. The van der Waals surface area contributed by atoms with Crippen LogP contribution in [0.2, 0.25) is 0 Å². The number of allylic oxidation sites excluding steroid dienone is 2. The average molecular weight is 539 g/mol. The zero-order valence-corrected chi connectivity index (χ0v) is 23.6. The number of aromatic amines is 1. The predicted molar refractivity (Wildman–Crippen MR) is 158 cm³/mol. The molecule has 1 aliphatic rings. The van der Waals surface area contributed by atoms with Crippen molar-refractivity contribution in [2.75, 3.05) is 7.11 Å². The molecule has 2 atom stereocenters.